The third-order valence-electron chi connectivity index (χ3n) is 4.76. The van der Waals surface area contributed by atoms with Crippen LogP contribution in [0.15, 0.2) is 18.2 Å². The molecule has 0 amide bonds. The van der Waals surface area contributed by atoms with Gasteiger partial charge < -0.3 is 4.90 Å². The highest BCUT2D eigenvalue weighted by molar-refractivity contribution is 5.61. The Hall–Kier alpha value is -0.980. The summed E-state index contributed by atoms with van der Waals surface area (Å²) in [5.74, 6) is 1.71. The van der Waals surface area contributed by atoms with Crippen molar-refractivity contribution in [2.45, 2.75) is 51.9 Å². The Labute approximate surface area is 111 Å². The summed E-state index contributed by atoms with van der Waals surface area (Å²) < 4.78 is 0. The summed E-state index contributed by atoms with van der Waals surface area (Å²) in [5, 5.41) is 0. The van der Waals surface area contributed by atoms with E-state index in [2.05, 4.69) is 36.9 Å². The molecule has 0 bridgehead atoms. The Bertz CT molecular complexity index is 414. The molecule has 3 rings (SSSR count). The molecule has 0 N–H and O–H groups in total. The van der Waals surface area contributed by atoms with E-state index in [1.54, 1.807) is 11.3 Å². The van der Waals surface area contributed by atoms with Crippen LogP contribution in [0.4, 0.5) is 5.69 Å². The van der Waals surface area contributed by atoms with Crippen LogP contribution in [0.1, 0.15) is 56.1 Å². The summed E-state index contributed by atoms with van der Waals surface area (Å²) in [6.07, 6.45) is 7.02. The normalized spacial score (nSPS) is 22.0. The van der Waals surface area contributed by atoms with Crippen molar-refractivity contribution in [3.63, 3.8) is 0 Å². The summed E-state index contributed by atoms with van der Waals surface area (Å²) >= 11 is 0. The van der Waals surface area contributed by atoms with Crippen LogP contribution in [0.5, 0.6) is 0 Å². The monoisotopic (exact) mass is 243 g/mol. The van der Waals surface area contributed by atoms with Gasteiger partial charge in [-0.05, 0) is 62.0 Å². The van der Waals surface area contributed by atoms with E-state index in [1.807, 2.05) is 0 Å². The number of piperidine rings is 1. The Balaban J connectivity index is 1.94. The molecule has 1 aromatic carbocycles. The third-order valence-corrected chi connectivity index (χ3v) is 4.76. The van der Waals surface area contributed by atoms with Gasteiger partial charge in [0.2, 0.25) is 0 Å². The van der Waals surface area contributed by atoms with E-state index in [-0.39, 0.29) is 0 Å². The molecule has 1 aliphatic carbocycles. The van der Waals surface area contributed by atoms with Crippen molar-refractivity contribution in [1.29, 1.82) is 0 Å². The lowest BCUT2D eigenvalue weighted by Crippen LogP contribution is -2.31. The number of hydrogen-bond acceptors (Lipinski definition) is 1. The summed E-state index contributed by atoms with van der Waals surface area (Å²) in [6, 6.07) is 6.91. The number of nitrogens with zero attached hydrogens (tertiary/aromatic N) is 1. The lowest BCUT2D eigenvalue weighted by molar-refractivity contribution is 0.570. The lowest BCUT2D eigenvalue weighted by Gasteiger charge is -2.33. The highest BCUT2D eigenvalue weighted by Gasteiger charge is 2.31. The van der Waals surface area contributed by atoms with Gasteiger partial charge in [0, 0.05) is 18.8 Å². The predicted molar refractivity (Wildman–Crippen MR) is 78.4 cm³/mol. The first-order valence-corrected chi connectivity index (χ1v) is 7.62. The molecule has 1 saturated carbocycles. The molecule has 1 saturated heterocycles. The topological polar surface area (TPSA) is 3.24 Å². The maximum absolute atomic E-state index is 2.65. The van der Waals surface area contributed by atoms with E-state index in [4.69, 9.17) is 0 Å². The average Bonchev–Trinajstić information content (AvgIpc) is 3.23. The van der Waals surface area contributed by atoms with Crippen molar-refractivity contribution in [3.8, 4) is 0 Å². The summed E-state index contributed by atoms with van der Waals surface area (Å²) in [7, 11) is 0. The van der Waals surface area contributed by atoms with Gasteiger partial charge in [-0.3, -0.25) is 0 Å². The summed E-state index contributed by atoms with van der Waals surface area (Å²) in [4.78, 5) is 2.65. The second kappa shape index (κ2) is 4.95. The molecule has 0 aromatic heterocycles. The first kappa shape index (κ1) is 12.1. The Morgan fingerprint density at radius 3 is 2.50 bits per heavy atom. The quantitative estimate of drug-likeness (QED) is 0.755. The molecule has 98 valence electrons. The van der Waals surface area contributed by atoms with Crippen LogP contribution < -0.4 is 4.90 Å². The number of aryl methyl sites for hydroxylation is 1. The minimum Gasteiger partial charge on any atom is -0.371 e. The van der Waals surface area contributed by atoms with Crippen molar-refractivity contribution in [2.24, 2.45) is 5.92 Å². The molecular weight excluding hydrogens is 218 g/mol. The van der Waals surface area contributed by atoms with Crippen LogP contribution in [0.2, 0.25) is 0 Å². The zero-order valence-corrected chi connectivity index (χ0v) is 11.8. The van der Waals surface area contributed by atoms with Crippen LogP contribution in [0, 0.1) is 12.8 Å². The fraction of sp³-hybridized carbons (Fsp3) is 0.647. The van der Waals surface area contributed by atoms with E-state index in [0.717, 1.165) is 11.8 Å². The van der Waals surface area contributed by atoms with Crippen LogP contribution >= 0.6 is 0 Å². The van der Waals surface area contributed by atoms with Crippen LogP contribution in [-0.2, 0) is 0 Å². The molecule has 2 fully saturated rings. The zero-order valence-electron chi connectivity index (χ0n) is 11.8. The van der Waals surface area contributed by atoms with Crippen molar-refractivity contribution in [3.05, 3.63) is 29.3 Å². The van der Waals surface area contributed by atoms with Gasteiger partial charge in [0.1, 0.15) is 0 Å². The fourth-order valence-electron chi connectivity index (χ4n) is 3.45. The van der Waals surface area contributed by atoms with E-state index in [0.29, 0.717) is 0 Å². The van der Waals surface area contributed by atoms with Crippen molar-refractivity contribution in [1.82, 2.24) is 0 Å². The van der Waals surface area contributed by atoms with Crippen molar-refractivity contribution < 1.29 is 0 Å². The Kier molecular flexibility index (Phi) is 3.32. The van der Waals surface area contributed by atoms with E-state index in [1.165, 1.54) is 50.8 Å². The maximum Gasteiger partial charge on any atom is 0.0431 e. The van der Waals surface area contributed by atoms with Crippen LogP contribution in [0.3, 0.4) is 0 Å². The minimum atomic E-state index is 0.752. The van der Waals surface area contributed by atoms with Gasteiger partial charge in [0.05, 0.1) is 0 Å². The van der Waals surface area contributed by atoms with Crippen LogP contribution in [0.25, 0.3) is 0 Å². The minimum absolute atomic E-state index is 0.752. The molecule has 1 aliphatic heterocycles. The van der Waals surface area contributed by atoms with Crippen molar-refractivity contribution in [2.75, 3.05) is 18.0 Å². The van der Waals surface area contributed by atoms with Gasteiger partial charge in [0.15, 0.2) is 0 Å². The van der Waals surface area contributed by atoms with Gasteiger partial charge in [-0.15, -0.1) is 0 Å². The van der Waals surface area contributed by atoms with Gasteiger partial charge in [0.25, 0.3) is 0 Å². The molecule has 1 aromatic rings. The third kappa shape index (κ3) is 2.28. The SMILES string of the molecule is Cc1cccc(C(C)C2CC2)c1N1CCCCC1. The summed E-state index contributed by atoms with van der Waals surface area (Å²) in [6.45, 7) is 7.23. The van der Waals surface area contributed by atoms with E-state index >= 15 is 0 Å². The van der Waals surface area contributed by atoms with Crippen LogP contribution in [-0.4, -0.2) is 13.1 Å². The Morgan fingerprint density at radius 1 is 1.11 bits per heavy atom. The largest absolute Gasteiger partial charge is 0.371 e. The average molecular weight is 243 g/mol. The molecule has 1 heteroatoms. The highest BCUT2D eigenvalue weighted by atomic mass is 15.1. The molecule has 0 spiro atoms. The molecular formula is C17H25N. The van der Waals surface area contributed by atoms with Gasteiger partial charge in [-0.1, -0.05) is 25.1 Å². The zero-order chi connectivity index (χ0) is 12.5. The predicted octanol–water partition coefficient (Wildman–Crippen LogP) is 4.50. The van der Waals surface area contributed by atoms with E-state index < -0.39 is 0 Å². The second-order valence-corrected chi connectivity index (χ2v) is 6.19. The first-order valence-electron chi connectivity index (χ1n) is 7.62. The smallest absolute Gasteiger partial charge is 0.0431 e. The number of anilines is 1. The van der Waals surface area contributed by atoms with Crippen molar-refractivity contribution >= 4 is 5.69 Å². The van der Waals surface area contributed by atoms with Gasteiger partial charge in [-0.2, -0.15) is 0 Å². The number of rotatable bonds is 3. The molecule has 1 unspecified atom stereocenters. The highest BCUT2D eigenvalue weighted by Crippen LogP contribution is 2.45. The number of para-hydroxylation sites is 1. The van der Waals surface area contributed by atoms with Gasteiger partial charge >= 0.3 is 0 Å². The molecule has 18 heavy (non-hydrogen) atoms. The molecule has 1 atom stereocenters. The maximum atomic E-state index is 2.65. The fourth-order valence-corrected chi connectivity index (χ4v) is 3.45. The lowest BCUT2D eigenvalue weighted by atomic mass is 9.91. The number of benzene rings is 1. The molecule has 1 heterocycles. The number of hydrogen-bond donors (Lipinski definition) is 0. The molecule has 2 aliphatic rings. The summed E-state index contributed by atoms with van der Waals surface area (Å²) in [5.41, 5.74) is 4.65. The standard InChI is InChI=1S/C17H25N/c1-13-7-6-8-16(14(2)15-9-10-15)17(13)18-11-4-3-5-12-18/h6-8,14-15H,3-5,9-12H2,1-2H3. The Morgan fingerprint density at radius 2 is 1.83 bits per heavy atom. The second-order valence-electron chi connectivity index (χ2n) is 6.19. The molecule has 0 radical (unpaired) electrons. The first-order chi connectivity index (χ1) is 8.77. The van der Waals surface area contributed by atoms with Gasteiger partial charge in [-0.25, -0.2) is 0 Å². The molecule has 1 nitrogen and oxygen atoms in total. The van der Waals surface area contributed by atoms with E-state index in [9.17, 15) is 0 Å².